The summed E-state index contributed by atoms with van der Waals surface area (Å²) < 4.78 is 10.1. The summed E-state index contributed by atoms with van der Waals surface area (Å²) in [5.41, 5.74) is 0. The van der Waals surface area contributed by atoms with Gasteiger partial charge >= 0.3 is 11.9 Å². The highest BCUT2D eigenvalue weighted by molar-refractivity contribution is 5.82. The summed E-state index contributed by atoms with van der Waals surface area (Å²) >= 11 is 0. The van der Waals surface area contributed by atoms with Crippen LogP contribution in [-0.4, -0.2) is 46.6 Å². The fourth-order valence-corrected chi connectivity index (χ4v) is 1.84. The third-order valence-electron chi connectivity index (χ3n) is 3.14. The van der Waals surface area contributed by atoms with Crippen LogP contribution in [0.2, 0.25) is 0 Å². The quantitative estimate of drug-likeness (QED) is 0.637. The highest BCUT2D eigenvalue weighted by atomic mass is 16.6. The largest absolute Gasteiger partial charge is 0.463 e. The highest BCUT2D eigenvalue weighted by Crippen LogP contribution is 2.12. The number of esters is 2. The molecule has 114 valence electrons. The van der Waals surface area contributed by atoms with Crippen molar-refractivity contribution in [1.29, 1.82) is 0 Å². The van der Waals surface area contributed by atoms with Gasteiger partial charge in [0.15, 0.2) is 0 Å². The zero-order chi connectivity index (χ0) is 15.1. The van der Waals surface area contributed by atoms with Crippen molar-refractivity contribution in [2.45, 2.75) is 63.9 Å². The molecule has 1 heterocycles. The van der Waals surface area contributed by atoms with E-state index in [9.17, 15) is 19.8 Å². The van der Waals surface area contributed by atoms with Crippen molar-refractivity contribution < 1.29 is 29.3 Å². The van der Waals surface area contributed by atoms with Gasteiger partial charge in [-0.15, -0.1) is 0 Å². The smallest absolute Gasteiger partial charge is 0.330 e. The Hall–Kier alpha value is -1.40. The van der Waals surface area contributed by atoms with Gasteiger partial charge in [-0.2, -0.15) is 0 Å². The number of hydrogen-bond donors (Lipinski definition) is 2. The molecule has 6 heteroatoms. The van der Waals surface area contributed by atoms with Crippen molar-refractivity contribution in [3.8, 4) is 0 Å². The number of carbonyl (C=O) groups is 2. The Morgan fingerprint density at radius 3 is 2.50 bits per heavy atom. The molecule has 0 unspecified atom stereocenters. The van der Waals surface area contributed by atoms with Gasteiger partial charge in [0.2, 0.25) is 0 Å². The summed E-state index contributed by atoms with van der Waals surface area (Å²) in [4.78, 5) is 23.0. The SMILES string of the molecule is C[C@@H]1CC[C@H](O)/C=C/C(=O)O[C@H](C)[C@@H](O)CCC(=O)O1. The van der Waals surface area contributed by atoms with Crippen LogP contribution in [0.25, 0.3) is 0 Å². The predicted octanol–water partition coefficient (Wildman–Crippen LogP) is 0.702. The lowest BCUT2D eigenvalue weighted by Crippen LogP contribution is -2.29. The summed E-state index contributed by atoms with van der Waals surface area (Å²) in [5, 5.41) is 19.4. The van der Waals surface area contributed by atoms with Crippen LogP contribution in [0.4, 0.5) is 0 Å². The standard InChI is InChI=1S/C14H22O6/c1-9-3-4-11(15)5-7-14(18)20-10(2)12(16)6-8-13(17)19-9/h5,7,9-12,15-16H,3-4,6,8H2,1-2H3/b7-5+/t9-,10-,11+,12+/m1/s1. The third-order valence-corrected chi connectivity index (χ3v) is 3.14. The van der Waals surface area contributed by atoms with E-state index in [0.717, 1.165) is 6.08 Å². The zero-order valence-electron chi connectivity index (χ0n) is 11.8. The lowest BCUT2D eigenvalue weighted by molar-refractivity contribution is -0.151. The van der Waals surface area contributed by atoms with E-state index in [1.165, 1.54) is 6.08 Å². The van der Waals surface area contributed by atoms with Crippen LogP contribution in [0.3, 0.4) is 0 Å². The van der Waals surface area contributed by atoms with Gasteiger partial charge in [-0.3, -0.25) is 4.79 Å². The fraction of sp³-hybridized carbons (Fsp3) is 0.714. The lowest BCUT2D eigenvalue weighted by Gasteiger charge is -2.20. The molecule has 4 atom stereocenters. The van der Waals surface area contributed by atoms with Crippen LogP contribution >= 0.6 is 0 Å². The summed E-state index contributed by atoms with van der Waals surface area (Å²) in [7, 11) is 0. The molecule has 0 bridgehead atoms. The molecule has 0 amide bonds. The first-order valence-electron chi connectivity index (χ1n) is 6.83. The number of cyclic esters (lactones) is 2. The molecule has 6 nitrogen and oxygen atoms in total. The number of rotatable bonds is 0. The molecule has 0 aromatic rings. The molecule has 0 aromatic carbocycles. The molecule has 0 radical (unpaired) electrons. The average Bonchev–Trinajstić information content (AvgIpc) is 2.39. The zero-order valence-corrected chi connectivity index (χ0v) is 11.8. The summed E-state index contributed by atoms with van der Waals surface area (Å²) in [6, 6.07) is 0. The van der Waals surface area contributed by atoms with E-state index in [1.807, 2.05) is 0 Å². The third kappa shape index (κ3) is 6.16. The molecular formula is C14H22O6. The van der Waals surface area contributed by atoms with Crippen LogP contribution in [0.5, 0.6) is 0 Å². The Morgan fingerprint density at radius 1 is 1.10 bits per heavy atom. The van der Waals surface area contributed by atoms with Gasteiger partial charge in [0.05, 0.1) is 18.3 Å². The average molecular weight is 286 g/mol. The number of carbonyl (C=O) groups excluding carboxylic acids is 2. The van der Waals surface area contributed by atoms with Gasteiger partial charge in [-0.05, 0) is 39.2 Å². The number of aliphatic hydroxyl groups excluding tert-OH is 2. The van der Waals surface area contributed by atoms with E-state index < -0.39 is 30.3 Å². The van der Waals surface area contributed by atoms with E-state index in [-0.39, 0.29) is 18.9 Å². The second-order valence-corrected chi connectivity index (χ2v) is 5.05. The van der Waals surface area contributed by atoms with Crippen LogP contribution in [0, 0.1) is 0 Å². The van der Waals surface area contributed by atoms with Gasteiger partial charge in [-0.25, -0.2) is 4.79 Å². The molecule has 0 spiro atoms. The van der Waals surface area contributed by atoms with Crippen LogP contribution in [0.15, 0.2) is 12.2 Å². The van der Waals surface area contributed by atoms with E-state index in [0.29, 0.717) is 12.8 Å². The van der Waals surface area contributed by atoms with Crippen LogP contribution in [0.1, 0.15) is 39.5 Å². The maximum Gasteiger partial charge on any atom is 0.330 e. The van der Waals surface area contributed by atoms with E-state index in [4.69, 9.17) is 9.47 Å². The Labute approximate surface area is 118 Å². The summed E-state index contributed by atoms with van der Waals surface area (Å²) in [5.74, 6) is -1.03. The topological polar surface area (TPSA) is 93.1 Å². The molecule has 1 rings (SSSR count). The fourth-order valence-electron chi connectivity index (χ4n) is 1.84. The maximum atomic E-state index is 11.5. The van der Waals surface area contributed by atoms with E-state index in [2.05, 4.69) is 0 Å². The first-order valence-corrected chi connectivity index (χ1v) is 6.83. The second-order valence-electron chi connectivity index (χ2n) is 5.05. The molecule has 0 aromatic heterocycles. The number of ether oxygens (including phenoxy) is 2. The molecular weight excluding hydrogens is 264 g/mol. The first-order chi connectivity index (χ1) is 9.38. The second kappa shape index (κ2) is 8.01. The van der Waals surface area contributed by atoms with Crippen molar-refractivity contribution in [2.24, 2.45) is 0 Å². The van der Waals surface area contributed by atoms with Crippen molar-refractivity contribution in [3.05, 3.63) is 12.2 Å². The maximum absolute atomic E-state index is 11.5. The van der Waals surface area contributed by atoms with Crippen LogP contribution in [-0.2, 0) is 19.1 Å². The monoisotopic (exact) mass is 286 g/mol. The Morgan fingerprint density at radius 2 is 1.80 bits per heavy atom. The highest BCUT2D eigenvalue weighted by Gasteiger charge is 2.20. The lowest BCUT2D eigenvalue weighted by atomic mass is 10.1. The number of aliphatic hydroxyl groups is 2. The first kappa shape index (κ1) is 16.7. The van der Waals surface area contributed by atoms with Crippen molar-refractivity contribution >= 4 is 11.9 Å². The molecule has 0 saturated carbocycles. The summed E-state index contributed by atoms with van der Waals surface area (Å²) in [6.07, 6.45) is 0.833. The van der Waals surface area contributed by atoms with Gasteiger partial charge in [0.1, 0.15) is 6.10 Å². The van der Waals surface area contributed by atoms with Gasteiger partial charge in [0, 0.05) is 12.5 Å². The van der Waals surface area contributed by atoms with Crippen molar-refractivity contribution in [2.75, 3.05) is 0 Å². The molecule has 0 aliphatic carbocycles. The number of hydrogen-bond acceptors (Lipinski definition) is 6. The normalized spacial score (nSPS) is 35.6. The minimum absolute atomic E-state index is 0.0613. The van der Waals surface area contributed by atoms with Crippen molar-refractivity contribution in [1.82, 2.24) is 0 Å². The Bertz CT molecular complexity index is 365. The van der Waals surface area contributed by atoms with Gasteiger partial charge < -0.3 is 19.7 Å². The molecule has 2 N–H and O–H groups in total. The van der Waals surface area contributed by atoms with E-state index in [1.54, 1.807) is 13.8 Å². The molecule has 20 heavy (non-hydrogen) atoms. The predicted molar refractivity (Wildman–Crippen MR) is 70.7 cm³/mol. The minimum atomic E-state index is -0.928. The molecule has 0 fully saturated rings. The van der Waals surface area contributed by atoms with Crippen LogP contribution < -0.4 is 0 Å². The Balaban J connectivity index is 2.71. The Kier molecular flexibility index (Phi) is 6.67. The van der Waals surface area contributed by atoms with Gasteiger partial charge in [0.25, 0.3) is 0 Å². The van der Waals surface area contributed by atoms with Crippen molar-refractivity contribution in [3.63, 3.8) is 0 Å². The molecule has 1 aliphatic rings. The molecule has 1 aliphatic heterocycles. The molecule has 0 saturated heterocycles. The van der Waals surface area contributed by atoms with Gasteiger partial charge in [-0.1, -0.05) is 0 Å². The van der Waals surface area contributed by atoms with E-state index >= 15 is 0 Å². The summed E-state index contributed by atoms with van der Waals surface area (Å²) in [6.45, 7) is 3.29. The minimum Gasteiger partial charge on any atom is -0.463 e.